The summed E-state index contributed by atoms with van der Waals surface area (Å²) < 4.78 is 0. The lowest BCUT2D eigenvalue weighted by molar-refractivity contribution is -0.385. The number of nitro benzene ring substituents is 1. The molecule has 0 saturated carbocycles. The fraction of sp³-hybridized carbons (Fsp3) is 0.136. The van der Waals surface area contributed by atoms with E-state index in [2.05, 4.69) is 0 Å². The summed E-state index contributed by atoms with van der Waals surface area (Å²) in [4.78, 5) is 11.3. The average molecular weight is 357 g/mol. The molecule has 0 aromatic heterocycles. The van der Waals surface area contributed by atoms with Gasteiger partial charge in [0.25, 0.3) is 5.69 Å². The maximum absolute atomic E-state index is 11.6. The molecule has 0 radical (unpaired) electrons. The highest BCUT2D eigenvalue weighted by atomic mass is 16.6. The van der Waals surface area contributed by atoms with Gasteiger partial charge in [0.05, 0.1) is 27.9 Å². The molecule has 4 rings (SSSR count). The number of para-hydroxylation sites is 1. The molecule has 1 atom stereocenters. The van der Waals surface area contributed by atoms with Crippen molar-refractivity contribution in [3.63, 3.8) is 0 Å². The van der Waals surface area contributed by atoms with Gasteiger partial charge < -0.3 is 0 Å². The SMILES string of the molecule is Cc1ccc(N2N=C(c3ccccc3)CC2c2ccccc2[N+](=O)[O-])cc1. The van der Waals surface area contributed by atoms with E-state index in [4.69, 9.17) is 5.10 Å². The molecule has 3 aromatic carbocycles. The average Bonchev–Trinajstić information content (AvgIpc) is 3.14. The van der Waals surface area contributed by atoms with E-state index in [-0.39, 0.29) is 16.7 Å². The molecule has 0 amide bonds. The molecule has 0 N–H and O–H groups in total. The maximum Gasteiger partial charge on any atom is 0.274 e. The molecule has 27 heavy (non-hydrogen) atoms. The molecule has 1 heterocycles. The predicted octanol–water partition coefficient (Wildman–Crippen LogP) is 5.26. The largest absolute Gasteiger partial charge is 0.274 e. The topological polar surface area (TPSA) is 58.7 Å². The number of rotatable bonds is 4. The van der Waals surface area contributed by atoms with Gasteiger partial charge >= 0.3 is 0 Å². The minimum atomic E-state index is -0.316. The first-order valence-corrected chi connectivity index (χ1v) is 8.85. The van der Waals surface area contributed by atoms with Crippen molar-refractivity contribution in [3.8, 4) is 0 Å². The summed E-state index contributed by atoms with van der Waals surface area (Å²) in [6.45, 7) is 2.03. The number of hydrazone groups is 1. The first kappa shape index (κ1) is 17.0. The second-order valence-electron chi connectivity index (χ2n) is 6.63. The fourth-order valence-corrected chi connectivity index (χ4v) is 3.43. The third-order valence-corrected chi connectivity index (χ3v) is 4.81. The maximum atomic E-state index is 11.6. The zero-order valence-electron chi connectivity index (χ0n) is 14.9. The molecule has 1 unspecified atom stereocenters. The standard InChI is InChI=1S/C22H19N3O2/c1-16-11-13-18(14-12-16)24-22(19-9-5-6-10-21(19)25(26)27)15-20(23-24)17-7-3-2-4-8-17/h2-14,22H,15H2,1H3. The number of hydrogen-bond acceptors (Lipinski definition) is 4. The van der Waals surface area contributed by atoms with Gasteiger partial charge in [-0.25, -0.2) is 0 Å². The van der Waals surface area contributed by atoms with Crippen molar-refractivity contribution in [2.75, 3.05) is 5.01 Å². The molecule has 5 nitrogen and oxygen atoms in total. The Morgan fingerprint density at radius 3 is 2.33 bits per heavy atom. The Morgan fingerprint density at radius 2 is 1.63 bits per heavy atom. The third-order valence-electron chi connectivity index (χ3n) is 4.81. The van der Waals surface area contributed by atoms with Gasteiger partial charge in [0, 0.05) is 12.5 Å². The zero-order valence-corrected chi connectivity index (χ0v) is 14.9. The van der Waals surface area contributed by atoms with Crippen LogP contribution in [0.2, 0.25) is 0 Å². The van der Waals surface area contributed by atoms with E-state index in [1.54, 1.807) is 12.1 Å². The van der Waals surface area contributed by atoms with E-state index in [1.807, 2.05) is 78.7 Å². The molecule has 0 fully saturated rings. The highest BCUT2D eigenvalue weighted by molar-refractivity contribution is 6.03. The molecule has 134 valence electrons. The van der Waals surface area contributed by atoms with Crippen LogP contribution in [0.4, 0.5) is 11.4 Å². The zero-order chi connectivity index (χ0) is 18.8. The van der Waals surface area contributed by atoms with Crippen molar-refractivity contribution < 1.29 is 4.92 Å². The molecule has 0 saturated heterocycles. The molecule has 0 aliphatic carbocycles. The van der Waals surface area contributed by atoms with Crippen molar-refractivity contribution in [3.05, 3.63) is 106 Å². The van der Waals surface area contributed by atoms with Crippen molar-refractivity contribution in [1.82, 2.24) is 0 Å². The minimum absolute atomic E-state index is 0.129. The van der Waals surface area contributed by atoms with Crippen LogP contribution in [-0.2, 0) is 0 Å². The van der Waals surface area contributed by atoms with E-state index >= 15 is 0 Å². The quantitative estimate of drug-likeness (QED) is 0.473. The van der Waals surface area contributed by atoms with Gasteiger partial charge in [-0.1, -0.05) is 60.2 Å². The Balaban J connectivity index is 1.81. The van der Waals surface area contributed by atoms with Gasteiger partial charge in [-0.2, -0.15) is 5.10 Å². The van der Waals surface area contributed by atoms with Crippen molar-refractivity contribution in [2.24, 2.45) is 5.10 Å². The van der Waals surface area contributed by atoms with Crippen molar-refractivity contribution >= 4 is 17.1 Å². The summed E-state index contributed by atoms with van der Waals surface area (Å²) in [6.07, 6.45) is 0.614. The summed E-state index contributed by atoms with van der Waals surface area (Å²) in [6, 6.07) is 24.8. The van der Waals surface area contributed by atoms with Gasteiger partial charge in [0.15, 0.2) is 0 Å². The van der Waals surface area contributed by atoms with Crippen LogP contribution in [0, 0.1) is 17.0 Å². The highest BCUT2D eigenvalue weighted by Crippen LogP contribution is 2.40. The second-order valence-corrected chi connectivity index (χ2v) is 6.63. The predicted molar refractivity (Wildman–Crippen MR) is 107 cm³/mol. The monoisotopic (exact) mass is 357 g/mol. The van der Waals surface area contributed by atoms with Crippen LogP contribution >= 0.6 is 0 Å². The molecule has 1 aliphatic heterocycles. The molecule has 1 aliphatic rings. The summed E-state index contributed by atoms with van der Waals surface area (Å²) >= 11 is 0. The summed E-state index contributed by atoms with van der Waals surface area (Å²) in [5, 5.41) is 18.3. The van der Waals surface area contributed by atoms with E-state index in [9.17, 15) is 10.1 Å². The van der Waals surface area contributed by atoms with Crippen LogP contribution in [0.1, 0.15) is 29.2 Å². The normalized spacial score (nSPS) is 16.3. The fourth-order valence-electron chi connectivity index (χ4n) is 3.43. The molecule has 0 bridgehead atoms. The van der Waals surface area contributed by atoms with E-state index in [1.165, 1.54) is 0 Å². The van der Waals surface area contributed by atoms with Gasteiger partial charge in [0.1, 0.15) is 0 Å². The second kappa shape index (κ2) is 7.03. The lowest BCUT2D eigenvalue weighted by Crippen LogP contribution is -2.19. The molecular formula is C22H19N3O2. The van der Waals surface area contributed by atoms with Crippen LogP contribution in [0.15, 0.2) is 84.0 Å². The number of hydrogen-bond donors (Lipinski definition) is 0. The molecule has 5 heteroatoms. The van der Waals surface area contributed by atoms with Crippen molar-refractivity contribution in [1.29, 1.82) is 0 Å². The van der Waals surface area contributed by atoms with Crippen LogP contribution in [0.25, 0.3) is 0 Å². The lowest BCUT2D eigenvalue weighted by atomic mass is 9.97. The summed E-state index contributed by atoms with van der Waals surface area (Å²) in [5.74, 6) is 0. The van der Waals surface area contributed by atoms with Crippen LogP contribution in [0.5, 0.6) is 0 Å². The van der Waals surface area contributed by atoms with Gasteiger partial charge in [-0.05, 0) is 30.7 Å². The summed E-state index contributed by atoms with van der Waals surface area (Å²) in [7, 11) is 0. The van der Waals surface area contributed by atoms with Gasteiger partial charge in [-0.15, -0.1) is 0 Å². The molecule has 3 aromatic rings. The minimum Gasteiger partial charge on any atom is -0.258 e. The van der Waals surface area contributed by atoms with Crippen LogP contribution in [0.3, 0.4) is 0 Å². The Bertz CT molecular complexity index is 998. The number of nitrogens with zero attached hydrogens (tertiary/aromatic N) is 3. The highest BCUT2D eigenvalue weighted by Gasteiger charge is 2.34. The Hall–Kier alpha value is -3.47. The van der Waals surface area contributed by atoms with E-state index in [0.717, 1.165) is 22.5 Å². The number of anilines is 1. The van der Waals surface area contributed by atoms with Gasteiger partial charge in [0.2, 0.25) is 0 Å². The number of aryl methyl sites for hydroxylation is 1. The van der Waals surface area contributed by atoms with Crippen LogP contribution < -0.4 is 5.01 Å². The Kier molecular flexibility index (Phi) is 4.42. The number of nitro groups is 1. The third kappa shape index (κ3) is 3.31. The number of benzene rings is 3. The van der Waals surface area contributed by atoms with E-state index in [0.29, 0.717) is 12.0 Å². The molecular weight excluding hydrogens is 338 g/mol. The Labute approximate surface area is 157 Å². The van der Waals surface area contributed by atoms with Gasteiger partial charge in [-0.3, -0.25) is 15.1 Å². The molecule has 0 spiro atoms. The smallest absolute Gasteiger partial charge is 0.258 e. The van der Waals surface area contributed by atoms with E-state index < -0.39 is 0 Å². The first-order valence-electron chi connectivity index (χ1n) is 8.85. The Morgan fingerprint density at radius 1 is 0.963 bits per heavy atom. The summed E-state index contributed by atoms with van der Waals surface area (Å²) in [5.41, 5.74) is 4.86. The first-order chi connectivity index (χ1) is 13.1. The lowest BCUT2D eigenvalue weighted by Gasteiger charge is -2.24. The van der Waals surface area contributed by atoms with Crippen LogP contribution in [-0.4, -0.2) is 10.6 Å². The van der Waals surface area contributed by atoms with Crippen molar-refractivity contribution in [2.45, 2.75) is 19.4 Å².